The van der Waals surface area contributed by atoms with Crippen LogP contribution < -0.4 is 15.4 Å². The molecule has 0 radical (unpaired) electrons. The minimum Gasteiger partial charge on any atom is -0.492 e. The zero-order valence-electron chi connectivity index (χ0n) is 15.5. The normalized spacial score (nSPS) is 25.6. The number of amides is 1. The molecule has 2 N–H and O–H groups in total. The van der Waals surface area contributed by atoms with Crippen molar-refractivity contribution in [1.82, 2.24) is 15.5 Å². The van der Waals surface area contributed by atoms with Gasteiger partial charge in [-0.2, -0.15) is 0 Å². The summed E-state index contributed by atoms with van der Waals surface area (Å²) < 4.78 is 5.69. The van der Waals surface area contributed by atoms with Crippen molar-refractivity contribution in [2.75, 3.05) is 27.2 Å². The highest BCUT2D eigenvalue weighted by Crippen LogP contribution is 2.33. The average Bonchev–Trinajstić information content (AvgIpc) is 3.05. The number of nitrogens with one attached hydrogen (secondary N) is 2. The summed E-state index contributed by atoms with van der Waals surface area (Å²) in [6, 6.07) is 8.53. The minimum atomic E-state index is -0.0123. The molecule has 1 saturated carbocycles. The number of carbonyl (C=O) groups is 1. The standard InChI is InChI=1S/C20H31N3O2/c1-23(2)11-12-25-17-9-7-15(8-10-17)14-21-20(24)19-13-16-5-3-4-6-18(16)22-19/h7-10,16,18-19,22H,3-6,11-14H2,1-2H3,(H,21,24). The summed E-state index contributed by atoms with van der Waals surface area (Å²) in [6.45, 7) is 2.15. The van der Waals surface area contributed by atoms with E-state index < -0.39 is 0 Å². The Morgan fingerprint density at radius 3 is 2.72 bits per heavy atom. The SMILES string of the molecule is CN(C)CCOc1ccc(CNC(=O)C2CC3CCCCC3N2)cc1. The molecule has 1 aromatic carbocycles. The fraction of sp³-hybridized carbons (Fsp3) is 0.650. The molecule has 5 heteroatoms. The summed E-state index contributed by atoms with van der Waals surface area (Å²) in [6.07, 6.45) is 6.11. The van der Waals surface area contributed by atoms with E-state index in [0.29, 0.717) is 25.1 Å². The molecule has 1 saturated heterocycles. The van der Waals surface area contributed by atoms with Gasteiger partial charge in [-0.25, -0.2) is 0 Å². The quantitative estimate of drug-likeness (QED) is 0.795. The fourth-order valence-electron chi connectivity index (χ4n) is 3.88. The largest absolute Gasteiger partial charge is 0.492 e. The summed E-state index contributed by atoms with van der Waals surface area (Å²) in [4.78, 5) is 14.5. The molecule has 0 aromatic heterocycles. The van der Waals surface area contributed by atoms with Gasteiger partial charge in [0.05, 0.1) is 6.04 Å². The van der Waals surface area contributed by atoms with E-state index in [4.69, 9.17) is 4.74 Å². The molecule has 1 aliphatic heterocycles. The van der Waals surface area contributed by atoms with Crippen LogP contribution in [0.5, 0.6) is 5.75 Å². The van der Waals surface area contributed by atoms with Gasteiger partial charge in [-0.15, -0.1) is 0 Å². The van der Waals surface area contributed by atoms with Crippen molar-refractivity contribution >= 4 is 5.91 Å². The first-order valence-electron chi connectivity index (χ1n) is 9.52. The van der Waals surface area contributed by atoms with Crippen LogP contribution in [0, 0.1) is 5.92 Å². The van der Waals surface area contributed by atoms with E-state index in [1.165, 1.54) is 25.7 Å². The average molecular weight is 345 g/mol. The molecule has 1 heterocycles. The topological polar surface area (TPSA) is 53.6 Å². The van der Waals surface area contributed by atoms with Crippen molar-refractivity contribution in [3.63, 3.8) is 0 Å². The van der Waals surface area contributed by atoms with Gasteiger partial charge in [0.15, 0.2) is 0 Å². The molecular formula is C20H31N3O2. The van der Waals surface area contributed by atoms with Crippen molar-refractivity contribution < 1.29 is 9.53 Å². The number of hydrogen-bond donors (Lipinski definition) is 2. The smallest absolute Gasteiger partial charge is 0.237 e. The first-order valence-corrected chi connectivity index (χ1v) is 9.52. The minimum absolute atomic E-state index is 0.0123. The van der Waals surface area contributed by atoms with Crippen molar-refractivity contribution in [2.45, 2.75) is 50.7 Å². The van der Waals surface area contributed by atoms with E-state index in [9.17, 15) is 4.79 Å². The van der Waals surface area contributed by atoms with Crippen LogP contribution in [-0.2, 0) is 11.3 Å². The Morgan fingerprint density at radius 2 is 2.00 bits per heavy atom. The van der Waals surface area contributed by atoms with Gasteiger partial charge < -0.3 is 20.3 Å². The predicted octanol–water partition coefficient (Wildman–Crippen LogP) is 2.16. The molecule has 3 rings (SSSR count). The number of ether oxygens (including phenoxy) is 1. The van der Waals surface area contributed by atoms with Crippen LogP contribution in [0.2, 0.25) is 0 Å². The molecule has 1 amide bonds. The van der Waals surface area contributed by atoms with Crippen molar-refractivity contribution in [1.29, 1.82) is 0 Å². The van der Waals surface area contributed by atoms with Gasteiger partial charge in [0, 0.05) is 19.1 Å². The van der Waals surface area contributed by atoms with Crippen molar-refractivity contribution in [3.8, 4) is 5.75 Å². The Hall–Kier alpha value is -1.59. The van der Waals surface area contributed by atoms with Gasteiger partial charge in [-0.3, -0.25) is 4.79 Å². The maximum Gasteiger partial charge on any atom is 0.237 e. The third kappa shape index (κ3) is 5.19. The lowest BCUT2D eigenvalue weighted by Crippen LogP contribution is -2.42. The summed E-state index contributed by atoms with van der Waals surface area (Å²) in [5.41, 5.74) is 1.10. The first-order chi connectivity index (χ1) is 12.1. The van der Waals surface area contributed by atoms with E-state index in [-0.39, 0.29) is 11.9 Å². The van der Waals surface area contributed by atoms with Crippen LogP contribution in [0.3, 0.4) is 0 Å². The molecule has 138 valence electrons. The second-order valence-corrected chi connectivity index (χ2v) is 7.62. The second-order valence-electron chi connectivity index (χ2n) is 7.62. The Labute approximate surface area is 151 Å². The third-order valence-corrected chi connectivity index (χ3v) is 5.38. The monoisotopic (exact) mass is 345 g/mol. The summed E-state index contributed by atoms with van der Waals surface area (Å²) in [5.74, 6) is 1.71. The maximum atomic E-state index is 12.4. The molecule has 2 aliphatic rings. The highest BCUT2D eigenvalue weighted by molar-refractivity contribution is 5.82. The molecular weight excluding hydrogens is 314 g/mol. The molecule has 2 fully saturated rings. The molecule has 3 unspecified atom stereocenters. The molecule has 3 atom stereocenters. The molecule has 1 aliphatic carbocycles. The number of fused-ring (bicyclic) bond motifs is 1. The number of rotatable bonds is 7. The van der Waals surface area contributed by atoms with Gasteiger partial charge in [-0.05, 0) is 57.0 Å². The number of carbonyl (C=O) groups excluding carboxylic acids is 1. The van der Waals surface area contributed by atoms with Gasteiger partial charge in [0.25, 0.3) is 0 Å². The van der Waals surface area contributed by atoms with E-state index in [2.05, 4.69) is 15.5 Å². The lowest BCUT2D eigenvalue weighted by molar-refractivity contribution is -0.123. The zero-order valence-corrected chi connectivity index (χ0v) is 15.5. The van der Waals surface area contributed by atoms with Crippen LogP contribution >= 0.6 is 0 Å². The van der Waals surface area contributed by atoms with Gasteiger partial charge in [0.1, 0.15) is 12.4 Å². The lowest BCUT2D eigenvalue weighted by Gasteiger charge is -2.24. The zero-order chi connectivity index (χ0) is 17.6. The molecule has 0 spiro atoms. The highest BCUT2D eigenvalue weighted by atomic mass is 16.5. The van der Waals surface area contributed by atoms with Gasteiger partial charge in [-0.1, -0.05) is 25.0 Å². The first kappa shape index (κ1) is 18.2. The molecule has 1 aromatic rings. The maximum absolute atomic E-state index is 12.4. The second kappa shape index (κ2) is 8.68. The van der Waals surface area contributed by atoms with Crippen LogP contribution in [0.1, 0.15) is 37.7 Å². The fourth-order valence-corrected chi connectivity index (χ4v) is 3.88. The predicted molar refractivity (Wildman–Crippen MR) is 99.6 cm³/mol. The number of likely N-dealkylation sites (N-methyl/N-ethyl adjacent to an activating group) is 1. The van der Waals surface area contributed by atoms with E-state index in [1.54, 1.807) is 0 Å². The number of nitrogens with zero attached hydrogens (tertiary/aromatic N) is 1. The van der Waals surface area contributed by atoms with Crippen molar-refractivity contribution in [3.05, 3.63) is 29.8 Å². The Kier molecular flexibility index (Phi) is 6.32. The molecule has 5 nitrogen and oxygen atoms in total. The lowest BCUT2D eigenvalue weighted by atomic mass is 9.85. The van der Waals surface area contributed by atoms with E-state index >= 15 is 0 Å². The van der Waals surface area contributed by atoms with Gasteiger partial charge in [0.2, 0.25) is 5.91 Å². The van der Waals surface area contributed by atoms with Crippen molar-refractivity contribution in [2.24, 2.45) is 5.92 Å². The van der Waals surface area contributed by atoms with Crippen LogP contribution in [-0.4, -0.2) is 50.1 Å². The van der Waals surface area contributed by atoms with Crippen LogP contribution in [0.4, 0.5) is 0 Å². The van der Waals surface area contributed by atoms with E-state index in [1.807, 2.05) is 38.4 Å². The van der Waals surface area contributed by atoms with Crippen LogP contribution in [0.15, 0.2) is 24.3 Å². The molecule has 25 heavy (non-hydrogen) atoms. The number of hydrogen-bond acceptors (Lipinski definition) is 4. The Bertz CT molecular complexity index is 545. The van der Waals surface area contributed by atoms with Gasteiger partial charge >= 0.3 is 0 Å². The summed E-state index contributed by atoms with van der Waals surface area (Å²) >= 11 is 0. The Balaban J connectivity index is 1.41. The highest BCUT2D eigenvalue weighted by Gasteiger charge is 2.37. The number of benzene rings is 1. The van der Waals surface area contributed by atoms with Crippen LogP contribution in [0.25, 0.3) is 0 Å². The molecule has 0 bridgehead atoms. The Morgan fingerprint density at radius 1 is 1.24 bits per heavy atom. The van der Waals surface area contributed by atoms with E-state index in [0.717, 1.165) is 24.3 Å². The summed E-state index contributed by atoms with van der Waals surface area (Å²) in [7, 11) is 4.06. The third-order valence-electron chi connectivity index (χ3n) is 5.38. The summed E-state index contributed by atoms with van der Waals surface area (Å²) in [5, 5.41) is 6.61.